The number of ketones is 2. The smallest absolute Gasteiger partial charge is 0.209 e. The van der Waals surface area contributed by atoms with Gasteiger partial charge in [-0.25, -0.2) is 0 Å². The molecule has 6 heteroatoms. The Bertz CT molecular complexity index is 699. The van der Waals surface area contributed by atoms with E-state index >= 15 is 0 Å². The van der Waals surface area contributed by atoms with Crippen molar-refractivity contribution >= 4 is 11.6 Å². The van der Waals surface area contributed by atoms with Gasteiger partial charge in [-0.2, -0.15) is 0 Å². The molecule has 0 amide bonds. The van der Waals surface area contributed by atoms with Crippen molar-refractivity contribution < 1.29 is 18.8 Å². The summed E-state index contributed by atoms with van der Waals surface area (Å²) in [6.45, 7) is 0. The van der Waals surface area contributed by atoms with E-state index in [9.17, 15) is 9.59 Å². The zero-order valence-corrected chi connectivity index (χ0v) is 12.6. The minimum absolute atomic E-state index is 0.00100. The Balaban J connectivity index is 2.27. The predicted molar refractivity (Wildman–Crippen MR) is 80.1 cm³/mol. The van der Waals surface area contributed by atoms with Crippen LogP contribution in [0.4, 0.5) is 0 Å². The van der Waals surface area contributed by atoms with Gasteiger partial charge in [-0.3, -0.25) is 9.59 Å². The lowest BCUT2D eigenvalue weighted by atomic mass is 10.0. The van der Waals surface area contributed by atoms with Crippen molar-refractivity contribution in [3.05, 3.63) is 59.6 Å². The molecule has 0 saturated heterocycles. The molecule has 2 rings (SSSR count). The van der Waals surface area contributed by atoms with Crippen LogP contribution in [0.2, 0.25) is 0 Å². The van der Waals surface area contributed by atoms with Crippen LogP contribution in [0.25, 0.3) is 0 Å². The van der Waals surface area contributed by atoms with E-state index in [2.05, 4.69) is 5.16 Å². The van der Waals surface area contributed by atoms with E-state index in [1.165, 1.54) is 12.3 Å². The highest BCUT2D eigenvalue weighted by Crippen LogP contribution is 2.17. The van der Waals surface area contributed by atoms with Crippen molar-refractivity contribution in [2.75, 3.05) is 21.2 Å². The maximum Gasteiger partial charge on any atom is 0.209 e. The molecule has 1 aromatic heterocycles. The van der Waals surface area contributed by atoms with Gasteiger partial charge in [-0.1, -0.05) is 5.16 Å². The van der Waals surface area contributed by atoms with E-state index in [1.54, 1.807) is 56.6 Å². The van der Waals surface area contributed by atoms with E-state index in [1.807, 2.05) is 0 Å². The average molecular weight is 300 g/mol. The maximum atomic E-state index is 12.4. The van der Waals surface area contributed by atoms with Crippen molar-refractivity contribution in [3.63, 3.8) is 0 Å². The Morgan fingerprint density at radius 2 is 1.91 bits per heavy atom. The van der Waals surface area contributed by atoms with Crippen molar-refractivity contribution in [1.29, 1.82) is 0 Å². The zero-order chi connectivity index (χ0) is 16.1. The molecule has 0 atom stereocenters. The summed E-state index contributed by atoms with van der Waals surface area (Å²) in [5.74, 6) is -0.0723. The van der Waals surface area contributed by atoms with Crippen LogP contribution >= 0.6 is 0 Å². The molecule has 0 fully saturated rings. The van der Waals surface area contributed by atoms with Crippen molar-refractivity contribution in [1.82, 2.24) is 10.1 Å². The minimum Gasteiger partial charge on any atom is -0.497 e. The monoisotopic (exact) mass is 300 g/mol. The lowest BCUT2D eigenvalue weighted by molar-refractivity contribution is 0.100. The number of allylic oxidation sites excluding steroid dienone is 1. The highest BCUT2D eigenvalue weighted by atomic mass is 16.5. The van der Waals surface area contributed by atoms with Crippen LogP contribution in [0, 0.1) is 0 Å². The standard InChI is InChI=1S/C16H16N2O4/c1-18(2)9-8-14(19)15-13(10-22-17-15)16(20)11-4-6-12(21-3)7-5-11/h4-10H,1-3H3/b9-8+. The van der Waals surface area contributed by atoms with E-state index < -0.39 is 0 Å². The lowest BCUT2D eigenvalue weighted by Crippen LogP contribution is -2.09. The lowest BCUT2D eigenvalue weighted by Gasteiger charge is -2.03. The molecule has 1 heterocycles. The molecule has 0 unspecified atom stereocenters. The molecule has 6 nitrogen and oxygen atoms in total. The predicted octanol–water partition coefficient (Wildman–Crippen LogP) is 2.17. The van der Waals surface area contributed by atoms with Crippen LogP contribution in [-0.4, -0.2) is 42.8 Å². The first-order valence-corrected chi connectivity index (χ1v) is 6.55. The number of ether oxygens (including phenoxy) is 1. The number of benzene rings is 1. The van der Waals surface area contributed by atoms with Gasteiger partial charge < -0.3 is 14.2 Å². The van der Waals surface area contributed by atoms with Gasteiger partial charge in [0.05, 0.1) is 12.7 Å². The number of carbonyl (C=O) groups is 2. The zero-order valence-electron chi connectivity index (χ0n) is 12.6. The van der Waals surface area contributed by atoms with Crippen molar-refractivity contribution in [3.8, 4) is 5.75 Å². The Hall–Kier alpha value is -2.89. The first-order chi connectivity index (χ1) is 10.5. The second-order valence-electron chi connectivity index (χ2n) is 4.78. The van der Waals surface area contributed by atoms with Gasteiger partial charge in [0.2, 0.25) is 5.78 Å². The molecule has 0 radical (unpaired) electrons. The average Bonchev–Trinajstić information content (AvgIpc) is 3.01. The van der Waals surface area contributed by atoms with Crippen LogP contribution < -0.4 is 4.74 Å². The quantitative estimate of drug-likeness (QED) is 0.601. The van der Waals surface area contributed by atoms with E-state index in [-0.39, 0.29) is 22.8 Å². The Kier molecular flexibility index (Phi) is 4.73. The largest absolute Gasteiger partial charge is 0.497 e. The maximum absolute atomic E-state index is 12.4. The molecular weight excluding hydrogens is 284 g/mol. The number of nitrogens with zero attached hydrogens (tertiary/aromatic N) is 2. The summed E-state index contributed by atoms with van der Waals surface area (Å²) in [6.07, 6.45) is 4.10. The normalized spacial score (nSPS) is 10.7. The first kappa shape index (κ1) is 15.5. The van der Waals surface area contributed by atoms with Gasteiger partial charge in [0.1, 0.15) is 12.0 Å². The van der Waals surface area contributed by atoms with Gasteiger partial charge in [-0.05, 0) is 24.3 Å². The number of hydrogen-bond acceptors (Lipinski definition) is 6. The summed E-state index contributed by atoms with van der Waals surface area (Å²) in [4.78, 5) is 26.2. The minimum atomic E-state index is -0.390. The van der Waals surface area contributed by atoms with Crippen LogP contribution in [-0.2, 0) is 0 Å². The molecule has 0 aliphatic rings. The summed E-state index contributed by atoms with van der Waals surface area (Å²) >= 11 is 0. The SMILES string of the molecule is COc1ccc(C(=O)c2conc2C(=O)/C=C/N(C)C)cc1. The fourth-order valence-corrected chi connectivity index (χ4v) is 1.77. The number of hydrogen-bond donors (Lipinski definition) is 0. The van der Waals surface area contributed by atoms with Crippen LogP contribution in [0.1, 0.15) is 26.4 Å². The Morgan fingerprint density at radius 3 is 2.50 bits per heavy atom. The number of methoxy groups -OCH3 is 1. The van der Waals surface area contributed by atoms with E-state index in [0.717, 1.165) is 0 Å². The van der Waals surface area contributed by atoms with Crippen LogP contribution in [0.15, 0.2) is 47.3 Å². The van der Waals surface area contributed by atoms with Gasteiger partial charge in [0.25, 0.3) is 0 Å². The number of rotatable bonds is 6. The fraction of sp³-hybridized carbons (Fsp3) is 0.188. The third-order valence-electron chi connectivity index (χ3n) is 2.92. The summed E-state index contributed by atoms with van der Waals surface area (Å²) in [5.41, 5.74) is 0.562. The molecule has 0 saturated carbocycles. The Morgan fingerprint density at radius 1 is 1.23 bits per heavy atom. The number of aromatic nitrogens is 1. The fourth-order valence-electron chi connectivity index (χ4n) is 1.77. The molecule has 114 valence electrons. The summed E-state index contributed by atoms with van der Waals surface area (Å²) in [7, 11) is 5.12. The van der Waals surface area contributed by atoms with Crippen LogP contribution in [0.3, 0.4) is 0 Å². The molecule has 1 aromatic carbocycles. The highest BCUT2D eigenvalue weighted by Gasteiger charge is 2.21. The molecule has 0 aliphatic heterocycles. The molecule has 0 spiro atoms. The second kappa shape index (κ2) is 6.71. The van der Waals surface area contributed by atoms with Crippen LogP contribution in [0.5, 0.6) is 5.75 Å². The van der Waals surface area contributed by atoms with Gasteiger partial charge in [0, 0.05) is 31.9 Å². The van der Waals surface area contributed by atoms with Gasteiger partial charge >= 0.3 is 0 Å². The van der Waals surface area contributed by atoms with E-state index in [0.29, 0.717) is 11.3 Å². The summed E-state index contributed by atoms with van der Waals surface area (Å²) < 4.78 is 9.84. The van der Waals surface area contributed by atoms with E-state index in [4.69, 9.17) is 9.26 Å². The highest BCUT2D eigenvalue weighted by molar-refractivity contribution is 6.16. The molecule has 0 bridgehead atoms. The van der Waals surface area contributed by atoms with Crippen molar-refractivity contribution in [2.45, 2.75) is 0 Å². The third-order valence-corrected chi connectivity index (χ3v) is 2.92. The first-order valence-electron chi connectivity index (χ1n) is 6.55. The molecule has 0 aliphatic carbocycles. The molecule has 2 aromatic rings. The third kappa shape index (κ3) is 3.41. The number of carbonyl (C=O) groups excluding carboxylic acids is 2. The van der Waals surface area contributed by atoms with Crippen molar-refractivity contribution in [2.24, 2.45) is 0 Å². The summed E-state index contributed by atoms with van der Waals surface area (Å²) in [6, 6.07) is 6.60. The van der Waals surface area contributed by atoms with Gasteiger partial charge in [0.15, 0.2) is 11.5 Å². The molecule has 0 N–H and O–H groups in total. The topological polar surface area (TPSA) is 72.6 Å². The van der Waals surface area contributed by atoms with Gasteiger partial charge in [-0.15, -0.1) is 0 Å². The second-order valence-corrected chi connectivity index (χ2v) is 4.78. The molecule has 22 heavy (non-hydrogen) atoms. The summed E-state index contributed by atoms with van der Waals surface area (Å²) in [5, 5.41) is 3.63. The molecular formula is C16H16N2O4. The Labute approximate surface area is 128 Å².